The van der Waals surface area contributed by atoms with Crippen molar-refractivity contribution in [3.63, 3.8) is 0 Å². The number of nitrogens with zero attached hydrogens (tertiary/aromatic N) is 3. The van der Waals surface area contributed by atoms with Crippen LogP contribution in [0.5, 0.6) is 0 Å². The lowest BCUT2D eigenvalue weighted by molar-refractivity contribution is -0.0258. The molecule has 0 unspecified atom stereocenters. The van der Waals surface area contributed by atoms with Crippen molar-refractivity contribution in [3.8, 4) is 0 Å². The average Bonchev–Trinajstić information content (AvgIpc) is 2.86. The summed E-state index contributed by atoms with van der Waals surface area (Å²) in [5, 5.41) is 0. The minimum atomic E-state index is -3.85. The van der Waals surface area contributed by atoms with E-state index in [-0.39, 0.29) is 22.8 Å². The van der Waals surface area contributed by atoms with Gasteiger partial charge in [-0.3, -0.25) is 14.4 Å². The van der Waals surface area contributed by atoms with E-state index in [0.29, 0.717) is 43.6 Å². The van der Waals surface area contributed by atoms with Gasteiger partial charge in [-0.1, -0.05) is 35.7 Å². The minimum Gasteiger partial charge on any atom is -0.338 e. The first kappa shape index (κ1) is 24.9. The molecule has 0 aliphatic carbocycles. The van der Waals surface area contributed by atoms with Crippen molar-refractivity contribution in [1.29, 1.82) is 0 Å². The molecule has 0 atom stereocenters. The molecule has 9 heteroatoms. The van der Waals surface area contributed by atoms with Crippen molar-refractivity contribution in [1.82, 2.24) is 14.3 Å². The normalized spacial score (nSPS) is 15.0. The third-order valence-electron chi connectivity index (χ3n) is 5.91. The zero-order valence-corrected chi connectivity index (χ0v) is 20.1. The molecule has 2 amide bonds. The van der Waals surface area contributed by atoms with E-state index < -0.39 is 10.0 Å². The molecule has 1 saturated heterocycles. The zero-order valence-electron chi connectivity index (χ0n) is 19.3. The van der Waals surface area contributed by atoms with Crippen LogP contribution >= 0.6 is 0 Å². The highest BCUT2D eigenvalue weighted by atomic mass is 32.2. The number of hydrogen-bond donors (Lipinski definition) is 0. The number of carbonyl (C=O) groups excluding carboxylic acids is 2. The Labute approximate surface area is 195 Å². The molecule has 1 aliphatic rings. The van der Waals surface area contributed by atoms with Crippen molar-refractivity contribution < 1.29 is 22.8 Å². The van der Waals surface area contributed by atoms with Crippen LogP contribution in [0.1, 0.15) is 46.9 Å². The summed E-state index contributed by atoms with van der Waals surface area (Å²) in [6.45, 7) is 3.70. The number of amides is 2. The number of hydrogen-bond acceptors (Lipinski definition) is 5. The quantitative estimate of drug-likeness (QED) is 0.550. The SMILES string of the molecule is CCCN(C(=O)c1cccc(S(=O)(=O)N(C)OC)c1)C1CCN(C(=O)c2ccccc2)CC1. The molecular weight excluding hydrogens is 442 g/mol. The van der Waals surface area contributed by atoms with Crippen molar-refractivity contribution in [3.05, 3.63) is 65.7 Å². The average molecular weight is 474 g/mol. The Morgan fingerprint density at radius 2 is 1.67 bits per heavy atom. The third kappa shape index (κ3) is 5.61. The van der Waals surface area contributed by atoms with Gasteiger partial charge < -0.3 is 9.80 Å². The van der Waals surface area contributed by atoms with E-state index in [2.05, 4.69) is 0 Å². The molecule has 0 spiro atoms. The molecule has 1 heterocycles. The molecule has 178 valence electrons. The Kier molecular flexibility index (Phi) is 8.23. The maximum absolute atomic E-state index is 13.4. The number of piperidine rings is 1. The van der Waals surface area contributed by atoms with Crippen LogP contribution in [0, 0.1) is 0 Å². The molecular formula is C24H31N3O5S. The summed E-state index contributed by atoms with van der Waals surface area (Å²) in [6.07, 6.45) is 2.13. The second-order valence-electron chi connectivity index (χ2n) is 8.01. The third-order valence-corrected chi connectivity index (χ3v) is 7.59. The van der Waals surface area contributed by atoms with Gasteiger partial charge in [0, 0.05) is 43.9 Å². The van der Waals surface area contributed by atoms with Gasteiger partial charge in [-0.15, -0.1) is 0 Å². The molecule has 1 aliphatic heterocycles. The van der Waals surface area contributed by atoms with Gasteiger partial charge in [-0.05, 0) is 49.6 Å². The number of hydroxylamine groups is 1. The Bertz CT molecular complexity index is 1070. The Hall–Kier alpha value is -2.75. The summed E-state index contributed by atoms with van der Waals surface area (Å²) < 4.78 is 25.9. The van der Waals surface area contributed by atoms with Crippen LogP contribution in [0.3, 0.4) is 0 Å². The Morgan fingerprint density at radius 1 is 1.03 bits per heavy atom. The van der Waals surface area contributed by atoms with E-state index in [1.165, 1.54) is 26.3 Å². The van der Waals surface area contributed by atoms with Crippen LogP contribution in [0.4, 0.5) is 0 Å². The summed E-state index contributed by atoms with van der Waals surface area (Å²) >= 11 is 0. The summed E-state index contributed by atoms with van der Waals surface area (Å²) in [4.78, 5) is 34.6. The first-order chi connectivity index (χ1) is 15.8. The lowest BCUT2D eigenvalue weighted by atomic mass is 10.0. The number of rotatable bonds is 8. The fourth-order valence-corrected chi connectivity index (χ4v) is 5.06. The summed E-state index contributed by atoms with van der Waals surface area (Å²) in [5.41, 5.74) is 0.980. The van der Waals surface area contributed by atoms with E-state index in [1.807, 2.05) is 47.1 Å². The smallest absolute Gasteiger partial charge is 0.264 e. The van der Waals surface area contributed by atoms with Crippen LogP contribution in [0.25, 0.3) is 0 Å². The van der Waals surface area contributed by atoms with Gasteiger partial charge in [0.1, 0.15) is 0 Å². The van der Waals surface area contributed by atoms with Crippen LogP contribution in [-0.2, 0) is 14.9 Å². The maximum atomic E-state index is 13.4. The first-order valence-electron chi connectivity index (χ1n) is 11.1. The predicted octanol–water partition coefficient (Wildman–Crippen LogP) is 3.03. The fraction of sp³-hybridized carbons (Fsp3) is 0.417. The second kappa shape index (κ2) is 10.9. The van der Waals surface area contributed by atoms with E-state index >= 15 is 0 Å². The molecule has 0 radical (unpaired) electrons. The largest absolute Gasteiger partial charge is 0.338 e. The van der Waals surface area contributed by atoms with Crippen molar-refractivity contribution in [2.75, 3.05) is 33.8 Å². The van der Waals surface area contributed by atoms with Crippen LogP contribution in [-0.4, -0.2) is 74.3 Å². The topological polar surface area (TPSA) is 87.2 Å². The summed E-state index contributed by atoms with van der Waals surface area (Å²) in [5.74, 6) is -0.204. The van der Waals surface area contributed by atoms with E-state index in [0.717, 1.165) is 10.9 Å². The van der Waals surface area contributed by atoms with Crippen molar-refractivity contribution >= 4 is 21.8 Å². The molecule has 8 nitrogen and oxygen atoms in total. The highest BCUT2D eigenvalue weighted by Gasteiger charge is 2.31. The van der Waals surface area contributed by atoms with Gasteiger partial charge >= 0.3 is 0 Å². The molecule has 2 aromatic carbocycles. The minimum absolute atomic E-state index is 0.00238. The lowest BCUT2D eigenvalue weighted by Crippen LogP contribution is -2.49. The standard InChI is InChI=1S/C24H31N3O5S/c1-4-15-27(21-13-16-26(17-14-21)23(28)19-9-6-5-7-10-19)24(29)20-11-8-12-22(18-20)33(30,31)25(2)32-3/h5-12,18,21H,4,13-17H2,1-3H3. The van der Waals surface area contributed by atoms with Crippen molar-refractivity contribution in [2.24, 2.45) is 0 Å². The molecule has 2 aromatic rings. The van der Waals surface area contributed by atoms with E-state index in [9.17, 15) is 18.0 Å². The number of likely N-dealkylation sites (tertiary alicyclic amines) is 1. The van der Waals surface area contributed by atoms with Gasteiger partial charge in [-0.25, -0.2) is 8.42 Å². The Morgan fingerprint density at radius 3 is 2.27 bits per heavy atom. The van der Waals surface area contributed by atoms with E-state index in [1.54, 1.807) is 12.1 Å². The molecule has 3 rings (SSSR count). The molecule has 0 aromatic heterocycles. The van der Waals surface area contributed by atoms with Crippen molar-refractivity contribution in [2.45, 2.75) is 37.1 Å². The van der Waals surface area contributed by atoms with Gasteiger partial charge in [0.15, 0.2) is 0 Å². The van der Waals surface area contributed by atoms with Gasteiger partial charge in [0.05, 0.1) is 12.0 Å². The Balaban J connectivity index is 1.74. The second-order valence-corrected chi connectivity index (χ2v) is 9.95. The molecule has 33 heavy (non-hydrogen) atoms. The lowest BCUT2D eigenvalue weighted by Gasteiger charge is -2.38. The summed E-state index contributed by atoms with van der Waals surface area (Å²) in [7, 11) is -1.28. The number of sulfonamides is 1. The zero-order chi connectivity index (χ0) is 24.0. The van der Waals surface area contributed by atoms with Crippen LogP contribution in [0.2, 0.25) is 0 Å². The maximum Gasteiger partial charge on any atom is 0.264 e. The monoisotopic (exact) mass is 473 g/mol. The molecule has 1 fully saturated rings. The highest BCUT2D eigenvalue weighted by Crippen LogP contribution is 2.23. The molecule has 0 saturated carbocycles. The molecule has 0 bridgehead atoms. The fourth-order valence-electron chi connectivity index (χ4n) is 4.04. The first-order valence-corrected chi connectivity index (χ1v) is 12.5. The highest BCUT2D eigenvalue weighted by molar-refractivity contribution is 7.89. The van der Waals surface area contributed by atoms with Crippen LogP contribution in [0.15, 0.2) is 59.5 Å². The van der Waals surface area contributed by atoms with E-state index in [4.69, 9.17) is 4.84 Å². The van der Waals surface area contributed by atoms with Gasteiger partial charge in [0.25, 0.3) is 21.8 Å². The van der Waals surface area contributed by atoms with Gasteiger partial charge in [-0.2, -0.15) is 0 Å². The molecule has 0 N–H and O–H groups in total. The summed E-state index contributed by atoms with van der Waals surface area (Å²) in [6, 6.07) is 15.2. The van der Waals surface area contributed by atoms with Crippen LogP contribution < -0.4 is 0 Å². The predicted molar refractivity (Wildman–Crippen MR) is 125 cm³/mol. The number of carbonyl (C=O) groups is 2. The number of benzene rings is 2. The van der Waals surface area contributed by atoms with Gasteiger partial charge in [0.2, 0.25) is 0 Å².